The summed E-state index contributed by atoms with van der Waals surface area (Å²) in [5.74, 6) is 0.300. The summed E-state index contributed by atoms with van der Waals surface area (Å²) in [6.07, 6.45) is 0. The summed E-state index contributed by atoms with van der Waals surface area (Å²) < 4.78 is 35.9. The molecule has 0 atom stereocenters. The lowest BCUT2D eigenvalue weighted by atomic mass is 10.1. The highest BCUT2D eigenvalue weighted by molar-refractivity contribution is 7.89. The maximum absolute atomic E-state index is 12.6. The smallest absolute Gasteiger partial charge is 0.259 e. The van der Waals surface area contributed by atoms with E-state index >= 15 is 0 Å². The highest BCUT2D eigenvalue weighted by Gasteiger charge is 2.19. The number of hydrogen-bond acceptors (Lipinski definition) is 5. The van der Waals surface area contributed by atoms with Crippen LogP contribution in [-0.2, 0) is 10.0 Å². The summed E-state index contributed by atoms with van der Waals surface area (Å²) in [6, 6.07) is 11.0. The number of ether oxygens (including phenoxy) is 2. The molecule has 0 heterocycles. The molecule has 0 bridgehead atoms. The van der Waals surface area contributed by atoms with Gasteiger partial charge in [0.15, 0.2) is 11.5 Å². The third-order valence-electron chi connectivity index (χ3n) is 3.52. The van der Waals surface area contributed by atoms with Gasteiger partial charge in [0, 0.05) is 19.8 Å². The van der Waals surface area contributed by atoms with Gasteiger partial charge in [0.25, 0.3) is 5.91 Å². The Morgan fingerprint density at radius 2 is 1.72 bits per heavy atom. The second kappa shape index (κ2) is 7.54. The first-order valence-corrected chi connectivity index (χ1v) is 8.80. The largest absolute Gasteiger partial charge is 0.493 e. The van der Waals surface area contributed by atoms with Crippen molar-refractivity contribution in [1.29, 1.82) is 0 Å². The Bertz CT molecular complexity index is 878. The number of sulfonamides is 1. The second-order valence-corrected chi connectivity index (χ2v) is 7.46. The van der Waals surface area contributed by atoms with Gasteiger partial charge in [-0.15, -0.1) is 0 Å². The molecule has 0 aliphatic rings. The van der Waals surface area contributed by atoms with E-state index in [-0.39, 0.29) is 10.5 Å². The lowest BCUT2D eigenvalue weighted by Gasteiger charge is -2.14. The SMILES string of the molecule is COc1cccc(C(=O)Nc2cccc(S(=O)(=O)N(C)C)c2)c1OC. The van der Waals surface area contributed by atoms with Gasteiger partial charge in [0.05, 0.1) is 24.7 Å². The van der Waals surface area contributed by atoms with Crippen molar-refractivity contribution in [3.63, 3.8) is 0 Å². The molecule has 0 radical (unpaired) electrons. The Morgan fingerprint density at radius 3 is 2.32 bits per heavy atom. The summed E-state index contributed by atoms with van der Waals surface area (Å²) in [5.41, 5.74) is 0.639. The van der Waals surface area contributed by atoms with Crippen LogP contribution in [-0.4, -0.2) is 46.9 Å². The van der Waals surface area contributed by atoms with E-state index in [9.17, 15) is 13.2 Å². The van der Waals surface area contributed by atoms with E-state index in [4.69, 9.17) is 9.47 Å². The number of amides is 1. The zero-order valence-electron chi connectivity index (χ0n) is 14.4. The van der Waals surface area contributed by atoms with Crippen molar-refractivity contribution in [3.05, 3.63) is 48.0 Å². The molecule has 2 aromatic rings. The van der Waals surface area contributed by atoms with Crippen LogP contribution in [0.25, 0.3) is 0 Å². The average Bonchev–Trinajstić information content (AvgIpc) is 2.60. The molecule has 0 spiro atoms. The standard InChI is InChI=1S/C17H20N2O5S/c1-19(2)25(21,22)13-8-5-7-12(11-13)18-17(20)14-9-6-10-15(23-3)16(14)24-4/h5-11H,1-4H3,(H,18,20). The number of rotatable bonds is 6. The first-order valence-electron chi connectivity index (χ1n) is 7.36. The van der Waals surface area contributed by atoms with Crippen molar-refractivity contribution < 1.29 is 22.7 Å². The Labute approximate surface area is 147 Å². The Morgan fingerprint density at radius 1 is 1.04 bits per heavy atom. The summed E-state index contributed by atoms with van der Waals surface area (Å²) in [4.78, 5) is 12.6. The molecule has 0 saturated heterocycles. The molecule has 1 amide bonds. The van der Waals surface area contributed by atoms with Gasteiger partial charge in [-0.25, -0.2) is 12.7 Å². The van der Waals surface area contributed by atoms with Crippen LogP contribution in [0, 0.1) is 0 Å². The summed E-state index contributed by atoms with van der Waals surface area (Å²) >= 11 is 0. The fourth-order valence-electron chi connectivity index (χ4n) is 2.21. The third-order valence-corrected chi connectivity index (χ3v) is 5.33. The maximum atomic E-state index is 12.6. The van der Waals surface area contributed by atoms with Crippen LogP contribution in [0.1, 0.15) is 10.4 Å². The predicted molar refractivity (Wildman–Crippen MR) is 94.8 cm³/mol. The van der Waals surface area contributed by atoms with Crippen LogP contribution in [0.5, 0.6) is 11.5 Å². The van der Waals surface area contributed by atoms with Gasteiger partial charge >= 0.3 is 0 Å². The zero-order valence-corrected chi connectivity index (χ0v) is 15.3. The lowest BCUT2D eigenvalue weighted by molar-refractivity contribution is 0.102. The van der Waals surface area contributed by atoms with Crippen molar-refractivity contribution >= 4 is 21.6 Å². The maximum Gasteiger partial charge on any atom is 0.259 e. The average molecular weight is 364 g/mol. The molecule has 2 rings (SSSR count). The molecule has 0 aliphatic carbocycles. The molecular weight excluding hydrogens is 344 g/mol. The number of carbonyl (C=O) groups is 1. The zero-order chi connectivity index (χ0) is 18.6. The molecule has 8 heteroatoms. The van der Waals surface area contributed by atoms with E-state index < -0.39 is 15.9 Å². The molecule has 1 N–H and O–H groups in total. The first-order chi connectivity index (χ1) is 11.8. The van der Waals surface area contributed by atoms with Crippen molar-refractivity contribution in [2.45, 2.75) is 4.90 Å². The number of anilines is 1. The van der Waals surface area contributed by atoms with Gasteiger partial charge in [-0.2, -0.15) is 0 Å². The second-order valence-electron chi connectivity index (χ2n) is 5.31. The van der Waals surface area contributed by atoms with Gasteiger partial charge in [0.1, 0.15) is 0 Å². The van der Waals surface area contributed by atoms with Crippen molar-refractivity contribution in [1.82, 2.24) is 4.31 Å². The quantitative estimate of drug-likeness (QED) is 0.849. The van der Waals surface area contributed by atoms with E-state index in [1.54, 1.807) is 30.3 Å². The van der Waals surface area contributed by atoms with Gasteiger partial charge < -0.3 is 14.8 Å². The monoisotopic (exact) mass is 364 g/mol. The minimum Gasteiger partial charge on any atom is -0.493 e. The summed E-state index contributed by atoms with van der Waals surface area (Å²) in [6.45, 7) is 0. The number of benzene rings is 2. The van der Waals surface area contributed by atoms with Crippen LogP contribution in [0.4, 0.5) is 5.69 Å². The third kappa shape index (κ3) is 3.92. The van der Waals surface area contributed by atoms with Crippen LogP contribution in [0.2, 0.25) is 0 Å². The van der Waals surface area contributed by atoms with E-state index in [2.05, 4.69) is 5.32 Å². The highest BCUT2D eigenvalue weighted by atomic mass is 32.2. The van der Waals surface area contributed by atoms with Gasteiger partial charge in [0.2, 0.25) is 10.0 Å². The molecule has 0 saturated carbocycles. The van der Waals surface area contributed by atoms with E-state index in [1.165, 1.54) is 40.4 Å². The highest BCUT2D eigenvalue weighted by Crippen LogP contribution is 2.31. The van der Waals surface area contributed by atoms with Crippen molar-refractivity contribution in [2.24, 2.45) is 0 Å². The fraction of sp³-hybridized carbons (Fsp3) is 0.235. The van der Waals surface area contributed by atoms with Gasteiger partial charge in [-0.3, -0.25) is 4.79 Å². The predicted octanol–water partition coefficient (Wildman–Crippen LogP) is 2.21. The molecule has 0 unspecified atom stereocenters. The molecule has 134 valence electrons. The number of nitrogens with zero attached hydrogens (tertiary/aromatic N) is 1. The lowest BCUT2D eigenvalue weighted by Crippen LogP contribution is -2.22. The topological polar surface area (TPSA) is 84.9 Å². The number of methoxy groups -OCH3 is 2. The molecule has 2 aromatic carbocycles. The van der Waals surface area contributed by atoms with Crippen molar-refractivity contribution in [3.8, 4) is 11.5 Å². The number of para-hydroxylation sites is 1. The molecule has 0 aliphatic heterocycles. The first kappa shape index (κ1) is 18.8. The summed E-state index contributed by atoms with van der Waals surface area (Å²) in [5, 5.41) is 2.68. The molecule has 0 aromatic heterocycles. The molecule has 25 heavy (non-hydrogen) atoms. The Balaban J connectivity index is 2.34. The number of hydrogen-bond donors (Lipinski definition) is 1. The normalized spacial score (nSPS) is 11.2. The van der Waals surface area contributed by atoms with Gasteiger partial charge in [-0.05, 0) is 30.3 Å². The molecule has 0 fully saturated rings. The Kier molecular flexibility index (Phi) is 5.66. The van der Waals surface area contributed by atoms with Crippen LogP contribution in [0.15, 0.2) is 47.4 Å². The van der Waals surface area contributed by atoms with Gasteiger partial charge in [-0.1, -0.05) is 12.1 Å². The Hall–Kier alpha value is -2.58. The van der Waals surface area contributed by atoms with E-state index in [0.29, 0.717) is 17.2 Å². The number of nitrogens with one attached hydrogen (secondary N) is 1. The molecular formula is C17H20N2O5S. The molecule has 7 nitrogen and oxygen atoms in total. The minimum absolute atomic E-state index is 0.0907. The van der Waals surface area contributed by atoms with E-state index in [1.807, 2.05) is 0 Å². The van der Waals surface area contributed by atoms with Crippen LogP contribution in [0.3, 0.4) is 0 Å². The van der Waals surface area contributed by atoms with E-state index in [0.717, 1.165) is 4.31 Å². The summed E-state index contributed by atoms with van der Waals surface area (Å²) in [7, 11) is 2.23. The minimum atomic E-state index is -3.59. The van der Waals surface area contributed by atoms with Crippen LogP contribution >= 0.6 is 0 Å². The fourth-order valence-corrected chi connectivity index (χ4v) is 3.16. The number of carbonyl (C=O) groups excluding carboxylic acids is 1. The van der Waals surface area contributed by atoms with Crippen molar-refractivity contribution in [2.75, 3.05) is 33.6 Å². The van der Waals surface area contributed by atoms with Crippen LogP contribution < -0.4 is 14.8 Å².